The van der Waals surface area contributed by atoms with Crippen molar-refractivity contribution < 1.29 is 19.1 Å². The average molecular weight is 445 g/mol. The Balaban J connectivity index is 1.47. The number of benzene rings is 2. The maximum Gasteiger partial charge on any atom is 0.257 e. The van der Waals surface area contributed by atoms with E-state index in [-0.39, 0.29) is 11.8 Å². The Kier molecular flexibility index (Phi) is 8.18. The molecule has 0 bridgehead atoms. The Morgan fingerprint density at radius 2 is 1.71 bits per heavy atom. The van der Waals surface area contributed by atoms with Gasteiger partial charge in [-0.3, -0.25) is 9.59 Å². The summed E-state index contributed by atoms with van der Waals surface area (Å²) in [6.45, 7) is 4.78. The quantitative estimate of drug-likeness (QED) is 0.601. The van der Waals surface area contributed by atoms with Crippen LogP contribution in [0.5, 0.6) is 11.5 Å². The van der Waals surface area contributed by atoms with Crippen LogP contribution in [0.15, 0.2) is 42.5 Å². The Hall–Kier alpha value is -2.73. The highest BCUT2D eigenvalue weighted by atomic mass is 35.5. The highest BCUT2D eigenvalue weighted by molar-refractivity contribution is 6.31. The van der Waals surface area contributed by atoms with Crippen molar-refractivity contribution in [2.45, 2.75) is 26.2 Å². The summed E-state index contributed by atoms with van der Waals surface area (Å²) in [6, 6.07) is 12.9. The smallest absolute Gasteiger partial charge is 0.257 e. The molecule has 2 aromatic carbocycles. The van der Waals surface area contributed by atoms with Crippen molar-refractivity contribution in [3.63, 3.8) is 0 Å². The van der Waals surface area contributed by atoms with Crippen LogP contribution in [0.3, 0.4) is 0 Å². The molecule has 1 aliphatic heterocycles. The number of hydrogen-bond donors (Lipinski definition) is 0. The van der Waals surface area contributed by atoms with E-state index >= 15 is 0 Å². The van der Waals surface area contributed by atoms with E-state index in [0.29, 0.717) is 62.0 Å². The molecule has 1 heterocycles. The minimum absolute atomic E-state index is 0.0992. The number of ether oxygens (including phenoxy) is 2. The van der Waals surface area contributed by atoms with Gasteiger partial charge in [-0.1, -0.05) is 29.3 Å². The number of nitrogens with zero attached hydrogens (tertiary/aromatic N) is 2. The van der Waals surface area contributed by atoms with Crippen molar-refractivity contribution in [1.82, 2.24) is 9.80 Å². The van der Waals surface area contributed by atoms with Crippen LogP contribution < -0.4 is 9.47 Å². The monoisotopic (exact) mass is 444 g/mol. The lowest BCUT2D eigenvalue weighted by Crippen LogP contribution is -2.37. The summed E-state index contributed by atoms with van der Waals surface area (Å²) < 4.78 is 11.0. The highest BCUT2D eigenvalue weighted by Crippen LogP contribution is 2.24. The predicted octanol–water partition coefficient (Wildman–Crippen LogP) is 4.19. The molecule has 0 aliphatic carbocycles. The Morgan fingerprint density at radius 1 is 1.00 bits per heavy atom. The van der Waals surface area contributed by atoms with Gasteiger partial charge in [0.05, 0.1) is 19.3 Å². The lowest BCUT2D eigenvalue weighted by atomic mass is 10.1. The minimum Gasteiger partial charge on any atom is -0.496 e. The van der Waals surface area contributed by atoms with Crippen LogP contribution in [-0.2, 0) is 4.79 Å². The summed E-state index contributed by atoms with van der Waals surface area (Å²) in [5.74, 6) is 1.29. The highest BCUT2D eigenvalue weighted by Gasteiger charge is 2.24. The second-order valence-electron chi connectivity index (χ2n) is 7.64. The van der Waals surface area contributed by atoms with Crippen molar-refractivity contribution in [3.05, 3.63) is 58.6 Å². The second kappa shape index (κ2) is 11.0. The SMILES string of the molecule is COc1ccc(Cl)cc1C(=O)N1CCCN(C(=O)CCCOc2ccc(C)cc2)CC1. The standard InChI is InChI=1S/C24H29ClN2O4/c1-18-6-9-20(10-7-18)31-16-3-5-23(28)26-12-4-13-27(15-14-26)24(29)21-17-19(25)8-11-22(21)30-2/h6-11,17H,3-5,12-16H2,1-2H3. The van der Waals surface area contributed by atoms with Crippen LogP contribution in [0.4, 0.5) is 0 Å². The zero-order valence-electron chi connectivity index (χ0n) is 18.1. The third kappa shape index (κ3) is 6.37. The van der Waals surface area contributed by atoms with Gasteiger partial charge in [0.25, 0.3) is 5.91 Å². The van der Waals surface area contributed by atoms with Crippen molar-refractivity contribution in [3.8, 4) is 11.5 Å². The fourth-order valence-electron chi connectivity index (χ4n) is 3.59. The molecular weight excluding hydrogens is 416 g/mol. The zero-order chi connectivity index (χ0) is 22.2. The van der Waals surface area contributed by atoms with Gasteiger partial charge in [0.2, 0.25) is 5.91 Å². The molecule has 1 saturated heterocycles. The molecule has 0 spiro atoms. The molecule has 2 aromatic rings. The van der Waals surface area contributed by atoms with Gasteiger partial charge in [0.15, 0.2) is 0 Å². The average Bonchev–Trinajstić information content (AvgIpc) is 3.03. The molecule has 1 aliphatic rings. The third-order valence-corrected chi connectivity index (χ3v) is 5.59. The Labute approximate surface area is 188 Å². The van der Waals surface area contributed by atoms with Crippen molar-refractivity contribution >= 4 is 23.4 Å². The molecule has 0 N–H and O–H groups in total. The summed E-state index contributed by atoms with van der Waals surface area (Å²) in [6.07, 6.45) is 1.83. The van der Waals surface area contributed by atoms with E-state index < -0.39 is 0 Å². The van der Waals surface area contributed by atoms with Gasteiger partial charge in [-0.05, 0) is 50.1 Å². The number of carbonyl (C=O) groups excluding carboxylic acids is 2. The summed E-state index contributed by atoms with van der Waals surface area (Å²) >= 11 is 6.07. The minimum atomic E-state index is -0.125. The molecule has 166 valence electrons. The lowest BCUT2D eigenvalue weighted by Gasteiger charge is -2.23. The predicted molar refractivity (Wildman–Crippen MR) is 121 cm³/mol. The van der Waals surface area contributed by atoms with Gasteiger partial charge in [0, 0.05) is 37.6 Å². The molecule has 31 heavy (non-hydrogen) atoms. The van der Waals surface area contributed by atoms with E-state index in [4.69, 9.17) is 21.1 Å². The lowest BCUT2D eigenvalue weighted by molar-refractivity contribution is -0.131. The Bertz CT molecular complexity index is 901. The van der Waals surface area contributed by atoms with Crippen LogP contribution in [0, 0.1) is 6.92 Å². The zero-order valence-corrected chi connectivity index (χ0v) is 18.9. The first-order chi connectivity index (χ1) is 15.0. The molecule has 2 amide bonds. The van der Waals surface area contributed by atoms with Gasteiger partial charge in [0.1, 0.15) is 11.5 Å². The summed E-state index contributed by atoms with van der Waals surface area (Å²) in [5, 5.41) is 0.489. The molecule has 6 nitrogen and oxygen atoms in total. The van der Waals surface area contributed by atoms with E-state index in [1.54, 1.807) is 23.1 Å². The van der Waals surface area contributed by atoms with Crippen molar-refractivity contribution in [2.24, 2.45) is 0 Å². The van der Waals surface area contributed by atoms with E-state index in [0.717, 1.165) is 12.2 Å². The number of amides is 2. The summed E-state index contributed by atoms with van der Waals surface area (Å²) in [4.78, 5) is 29.2. The molecule has 0 aromatic heterocycles. The largest absolute Gasteiger partial charge is 0.496 e. The van der Waals surface area contributed by atoms with Gasteiger partial charge in [-0.2, -0.15) is 0 Å². The number of hydrogen-bond acceptors (Lipinski definition) is 4. The number of methoxy groups -OCH3 is 1. The van der Waals surface area contributed by atoms with E-state index in [2.05, 4.69) is 0 Å². The van der Waals surface area contributed by atoms with Gasteiger partial charge in [-0.25, -0.2) is 0 Å². The van der Waals surface area contributed by atoms with Crippen LogP contribution in [0.2, 0.25) is 5.02 Å². The third-order valence-electron chi connectivity index (χ3n) is 5.35. The summed E-state index contributed by atoms with van der Waals surface area (Å²) in [5.41, 5.74) is 1.63. The van der Waals surface area contributed by atoms with Gasteiger partial charge in [-0.15, -0.1) is 0 Å². The van der Waals surface area contributed by atoms with E-state index in [9.17, 15) is 9.59 Å². The van der Waals surface area contributed by atoms with Crippen molar-refractivity contribution in [1.29, 1.82) is 0 Å². The number of halogens is 1. The molecule has 0 radical (unpaired) electrons. The molecule has 0 saturated carbocycles. The molecular formula is C24H29ClN2O4. The molecule has 1 fully saturated rings. The van der Waals surface area contributed by atoms with E-state index in [1.165, 1.54) is 12.7 Å². The molecule has 3 rings (SSSR count). The Morgan fingerprint density at radius 3 is 2.45 bits per heavy atom. The summed E-state index contributed by atoms with van der Waals surface area (Å²) in [7, 11) is 1.53. The second-order valence-corrected chi connectivity index (χ2v) is 8.07. The van der Waals surface area contributed by atoms with Crippen LogP contribution >= 0.6 is 11.6 Å². The topological polar surface area (TPSA) is 59.1 Å². The first-order valence-electron chi connectivity index (χ1n) is 10.6. The van der Waals surface area contributed by atoms with Gasteiger partial charge < -0.3 is 19.3 Å². The first-order valence-corrected chi connectivity index (χ1v) is 11.0. The van der Waals surface area contributed by atoms with Gasteiger partial charge >= 0.3 is 0 Å². The number of carbonyl (C=O) groups is 2. The number of aryl methyl sites for hydroxylation is 1. The van der Waals surface area contributed by atoms with Crippen LogP contribution in [0.25, 0.3) is 0 Å². The fourth-order valence-corrected chi connectivity index (χ4v) is 3.77. The van der Waals surface area contributed by atoms with Crippen molar-refractivity contribution in [2.75, 3.05) is 39.9 Å². The number of rotatable bonds is 7. The molecule has 0 unspecified atom stereocenters. The molecule has 0 atom stereocenters. The van der Waals surface area contributed by atoms with Crippen LogP contribution in [-0.4, -0.2) is 61.5 Å². The normalized spacial score (nSPS) is 14.2. The fraction of sp³-hybridized carbons (Fsp3) is 0.417. The van der Waals surface area contributed by atoms with Crippen LogP contribution in [0.1, 0.15) is 35.2 Å². The first kappa shape index (κ1) is 22.9. The van der Waals surface area contributed by atoms with E-state index in [1.807, 2.05) is 36.1 Å². The maximum absolute atomic E-state index is 13.0. The maximum atomic E-state index is 13.0. The molecule has 7 heteroatoms.